The van der Waals surface area contributed by atoms with Crippen LogP contribution in [0.5, 0.6) is 0 Å². The summed E-state index contributed by atoms with van der Waals surface area (Å²) >= 11 is 1.75. The predicted octanol–water partition coefficient (Wildman–Crippen LogP) is 4.48. The minimum Gasteiger partial charge on any atom is -0.376 e. The molecular formula is C16H17N3S. The SMILES string of the molecule is Cc1nc(C(C)Nc2cccc3ccncc23)c(C)s1. The van der Waals surface area contributed by atoms with Crippen LogP contribution in [0.4, 0.5) is 5.69 Å². The number of nitrogens with one attached hydrogen (secondary N) is 1. The Morgan fingerprint density at radius 3 is 2.80 bits per heavy atom. The van der Waals surface area contributed by atoms with Crippen LogP contribution < -0.4 is 5.32 Å². The standard InChI is InChI=1S/C16H17N3S/c1-10(16-11(2)20-12(3)19-16)18-15-6-4-5-13-7-8-17-9-14(13)15/h4-10,18H,1-3H3. The van der Waals surface area contributed by atoms with E-state index in [1.54, 1.807) is 11.3 Å². The van der Waals surface area contributed by atoms with E-state index in [4.69, 9.17) is 0 Å². The molecule has 3 rings (SSSR count). The molecular weight excluding hydrogens is 266 g/mol. The molecule has 0 aliphatic carbocycles. The van der Waals surface area contributed by atoms with Gasteiger partial charge in [-0.15, -0.1) is 11.3 Å². The first-order valence-electron chi connectivity index (χ1n) is 6.68. The fourth-order valence-corrected chi connectivity index (χ4v) is 3.40. The molecule has 0 fully saturated rings. The summed E-state index contributed by atoms with van der Waals surface area (Å²) in [5.41, 5.74) is 2.24. The first-order chi connectivity index (χ1) is 9.65. The minimum absolute atomic E-state index is 0.186. The number of hydrogen-bond donors (Lipinski definition) is 1. The molecule has 1 N–H and O–H groups in total. The highest BCUT2D eigenvalue weighted by Crippen LogP contribution is 2.29. The van der Waals surface area contributed by atoms with Crippen LogP contribution in [0.15, 0.2) is 36.7 Å². The van der Waals surface area contributed by atoms with Gasteiger partial charge in [0.1, 0.15) is 0 Å². The van der Waals surface area contributed by atoms with E-state index in [2.05, 4.69) is 54.3 Å². The first-order valence-corrected chi connectivity index (χ1v) is 7.50. The Morgan fingerprint density at radius 2 is 2.05 bits per heavy atom. The average molecular weight is 283 g/mol. The van der Waals surface area contributed by atoms with Crippen molar-refractivity contribution in [1.29, 1.82) is 0 Å². The average Bonchev–Trinajstić information content (AvgIpc) is 2.78. The van der Waals surface area contributed by atoms with Gasteiger partial charge in [0.15, 0.2) is 0 Å². The van der Waals surface area contributed by atoms with Gasteiger partial charge in [-0.25, -0.2) is 4.98 Å². The summed E-state index contributed by atoms with van der Waals surface area (Å²) in [5, 5.41) is 7.02. The highest BCUT2D eigenvalue weighted by molar-refractivity contribution is 7.11. The van der Waals surface area contributed by atoms with E-state index < -0.39 is 0 Å². The number of nitrogens with zero attached hydrogens (tertiary/aromatic N) is 2. The summed E-state index contributed by atoms with van der Waals surface area (Å²) in [6.45, 7) is 6.33. The molecule has 1 unspecified atom stereocenters. The van der Waals surface area contributed by atoms with Crippen LogP contribution in [-0.4, -0.2) is 9.97 Å². The normalized spacial score (nSPS) is 12.6. The lowest BCUT2D eigenvalue weighted by Crippen LogP contribution is -2.08. The zero-order valence-corrected chi connectivity index (χ0v) is 12.7. The van der Waals surface area contributed by atoms with Crippen molar-refractivity contribution < 1.29 is 0 Å². The van der Waals surface area contributed by atoms with Gasteiger partial charge >= 0.3 is 0 Å². The van der Waals surface area contributed by atoms with Crippen molar-refractivity contribution >= 4 is 27.8 Å². The van der Waals surface area contributed by atoms with Crippen molar-refractivity contribution in [2.24, 2.45) is 0 Å². The molecule has 0 saturated carbocycles. The Kier molecular flexibility index (Phi) is 3.40. The Labute approximate surface area is 122 Å². The van der Waals surface area contributed by atoms with Crippen molar-refractivity contribution in [3.05, 3.63) is 52.2 Å². The molecule has 4 heteroatoms. The van der Waals surface area contributed by atoms with Crippen molar-refractivity contribution in [3.63, 3.8) is 0 Å². The van der Waals surface area contributed by atoms with Gasteiger partial charge in [-0.2, -0.15) is 0 Å². The van der Waals surface area contributed by atoms with Gasteiger partial charge in [-0.1, -0.05) is 12.1 Å². The molecule has 0 aliphatic heterocycles. The molecule has 3 aromatic rings. The second kappa shape index (κ2) is 5.21. The number of fused-ring (bicyclic) bond motifs is 1. The van der Waals surface area contributed by atoms with E-state index in [1.165, 1.54) is 10.3 Å². The van der Waals surface area contributed by atoms with Crippen molar-refractivity contribution in [3.8, 4) is 0 Å². The summed E-state index contributed by atoms with van der Waals surface area (Å²) in [6.07, 6.45) is 3.73. The van der Waals surface area contributed by atoms with E-state index in [-0.39, 0.29) is 6.04 Å². The van der Waals surface area contributed by atoms with Crippen LogP contribution in [0.25, 0.3) is 10.8 Å². The molecule has 3 nitrogen and oxygen atoms in total. The van der Waals surface area contributed by atoms with Crippen LogP contribution in [0, 0.1) is 13.8 Å². The fraction of sp³-hybridized carbons (Fsp3) is 0.250. The lowest BCUT2D eigenvalue weighted by atomic mass is 10.1. The molecule has 102 valence electrons. The number of pyridine rings is 1. The molecule has 20 heavy (non-hydrogen) atoms. The predicted molar refractivity (Wildman–Crippen MR) is 85.4 cm³/mol. The van der Waals surface area contributed by atoms with Gasteiger partial charge in [-0.3, -0.25) is 4.98 Å². The fourth-order valence-electron chi connectivity index (χ4n) is 2.49. The number of rotatable bonds is 3. The van der Waals surface area contributed by atoms with Crippen LogP contribution in [0.3, 0.4) is 0 Å². The van der Waals surface area contributed by atoms with E-state index >= 15 is 0 Å². The first kappa shape index (κ1) is 13.1. The molecule has 2 aromatic heterocycles. The molecule has 0 aliphatic rings. The van der Waals surface area contributed by atoms with Crippen molar-refractivity contribution in [2.45, 2.75) is 26.8 Å². The monoisotopic (exact) mass is 283 g/mol. The Bertz CT molecular complexity index is 743. The maximum atomic E-state index is 4.63. The maximum Gasteiger partial charge on any atom is 0.0901 e. The summed E-state index contributed by atoms with van der Waals surface area (Å²) in [6, 6.07) is 8.48. The van der Waals surface area contributed by atoms with Gasteiger partial charge in [0, 0.05) is 28.3 Å². The molecule has 2 heterocycles. The second-order valence-electron chi connectivity index (χ2n) is 4.94. The largest absolute Gasteiger partial charge is 0.376 e. The zero-order valence-electron chi connectivity index (χ0n) is 11.8. The van der Waals surface area contributed by atoms with Crippen molar-refractivity contribution in [2.75, 3.05) is 5.32 Å². The van der Waals surface area contributed by atoms with Crippen LogP contribution >= 0.6 is 11.3 Å². The van der Waals surface area contributed by atoms with Gasteiger partial charge in [0.05, 0.1) is 16.7 Å². The summed E-state index contributed by atoms with van der Waals surface area (Å²) < 4.78 is 0. The number of thiazole rings is 1. The second-order valence-corrected chi connectivity index (χ2v) is 6.35. The van der Waals surface area contributed by atoms with Gasteiger partial charge in [0.2, 0.25) is 0 Å². The Hall–Kier alpha value is -1.94. The van der Waals surface area contributed by atoms with E-state index in [1.807, 2.05) is 18.5 Å². The molecule has 1 atom stereocenters. The zero-order chi connectivity index (χ0) is 14.1. The van der Waals surface area contributed by atoms with Crippen molar-refractivity contribution in [1.82, 2.24) is 9.97 Å². The van der Waals surface area contributed by atoms with Gasteiger partial charge < -0.3 is 5.32 Å². The van der Waals surface area contributed by atoms with E-state index in [0.29, 0.717) is 0 Å². The molecule has 0 saturated heterocycles. The maximum absolute atomic E-state index is 4.63. The van der Waals surface area contributed by atoms with E-state index in [9.17, 15) is 0 Å². The number of anilines is 1. The molecule has 0 radical (unpaired) electrons. The molecule has 1 aromatic carbocycles. The minimum atomic E-state index is 0.186. The summed E-state index contributed by atoms with van der Waals surface area (Å²) in [5.74, 6) is 0. The number of aromatic nitrogens is 2. The summed E-state index contributed by atoms with van der Waals surface area (Å²) in [7, 11) is 0. The third-order valence-electron chi connectivity index (χ3n) is 3.41. The van der Waals surface area contributed by atoms with Gasteiger partial charge in [-0.05, 0) is 38.3 Å². The quantitative estimate of drug-likeness (QED) is 0.770. The van der Waals surface area contributed by atoms with Crippen LogP contribution in [0.2, 0.25) is 0 Å². The van der Waals surface area contributed by atoms with Crippen LogP contribution in [-0.2, 0) is 0 Å². The van der Waals surface area contributed by atoms with E-state index in [0.717, 1.165) is 21.8 Å². The number of benzene rings is 1. The Morgan fingerprint density at radius 1 is 1.20 bits per heavy atom. The summed E-state index contributed by atoms with van der Waals surface area (Å²) in [4.78, 5) is 10.1. The third-order valence-corrected chi connectivity index (χ3v) is 4.31. The smallest absolute Gasteiger partial charge is 0.0901 e. The lowest BCUT2D eigenvalue weighted by Gasteiger charge is -2.16. The van der Waals surface area contributed by atoms with Gasteiger partial charge in [0.25, 0.3) is 0 Å². The molecule has 0 bridgehead atoms. The number of aryl methyl sites for hydroxylation is 2. The lowest BCUT2D eigenvalue weighted by molar-refractivity contribution is 0.838. The topological polar surface area (TPSA) is 37.8 Å². The highest BCUT2D eigenvalue weighted by Gasteiger charge is 2.13. The molecule has 0 amide bonds. The van der Waals surface area contributed by atoms with Crippen LogP contribution in [0.1, 0.15) is 28.5 Å². The highest BCUT2D eigenvalue weighted by atomic mass is 32.1. The Balaban J connectivity index is 1.95. The third kappa shape index (κ3) is 2.39. The molecule has 0 spiro atoms. The number of hydrogen-bond acceptors (Lipinski definition) is 4.